The van der Waals surface area contributed by atoms with Crippen molar-refractivity contribution in [3.8, 4) is 0 Å². The summed E-state index contributed by atoms with van der Waals surface area (Å²) in [7, 11) is 0. The van der Waals surface area contributed by atoms with Crippen LogP contribution in [0.15, 0.2) is 35.7 Å². The highest BCUT2D eigenvalue weighted by Crippen LogP contribution is 2.29. The molecule has 0 spiro atoms. The topological polar surface area (TPSA) is 72.6 Å². The zero-order valence-electron chi connectivity index (χ0n) is 10.4. The van der Waals surface area contributed by atoms with Crippen LogP contribution in [0.1, 0.15) is 13.3 Å². The fourth-order valence-corrected chi connectivity index (χ4v) is 1.98. The van der Waals surface area contributed by atoms with E-state index < -0.39 is 5.97 Å². The zero-order chi connectivity index (χ0) is 14.0. The Morgan fingerprint density at radius 1 is 1.42 bits per heavy atom. The molecule has 2 N–H and O–H groups in total. The number of anilines is 1. The van der Waals surface area contributed by atoms with Crippen LogP contribution < -0.4 is 10.6 Å². The van der Waals surface area contributed by atoms with Crippen LogP contribution in [0.3, 0.4) is 0 Å². The van der Waals surface area contributed by atoms with Crippen molar-refractivity contribution in [1.82, 2.24) is 0 Å². The Labute approximate surface area is 115 Å². The Balaban J connectivity index is 2.33. The number of nitrogens with zero attached hydrogens (tertiary/aromatic N) is 1. The molecule has 1 aromatic carbocycles. The van der Waals surface area contributed by atoms with E-state index in [1.165, 1.54) is 4.90 Å². The fourth-order valence-electron chi connectivity index (χ4n) is 1.86. The third-order valence-electron chi connectivity index (χ3n) is 2.73. The van der Waals surface area contributed by atoms with Gasteiger partial charge in [0.25, 0.3) is 0 Å². The van der Waals surface area contributed by atoms with Crippen LogP contribution in [0.2, 0.25) is 5.02 Å². The molecule has 19 heavy (non-hydrogen) atoms. The first kappa shape index (κ1) is 13.4. The lowest BCUT2D eigenvalue weighted by Crippen LogP contribution is -2.28. The first-order valence-electron chi connectivity index (χ1n) is 5.79. The van der Waals surface area contributed by atoms with E-state index in [1.807, 2.05) is 0 Å². The van der Waals surface area contributed by atoms with Gasteiger partial charge in [-0.3, -0.25) is 9.69 Å². The molecule has 1 heterocycles. The van der Waals surface area contributed by atoms with E-state index in [4.69, 9.17) is 22.1 Å². The highest BCUT2D eigenvalue weighted by atomic mass is 35.5. The maximum absolute atomic E-state index is 12.0. The Kier molecular flexibility index (Phi) is 3.76. The molecule has 0 atom stereocenters. The molecule has 1 aromatic rings. The Morgan fingerprint density at radius 3 is 2.63 bits per heavy atom. The summed E-state index contributed by atoms with van der Waals surface area (Å²) < 4.78 is 4.87. The summed E-state index contributed by atoms with van der Waals surface area (Å²) in [4.78, 5) is 24.9. The molecule has 6 heteroatoms. The van der Waals surface area contributed by atoms with E-state index in [2.05, 4.69) is 0 Å². The summed E-state index contributed by atoms with van der Waals surface area (Å²) >= 11 is 5.79. The number of halogens is 1. The smallest absolute Gasteiger partial charge is 0.338 e. The molecule has 0 saturated carbocycles. The van der Waals surface area contributed by atoms with Crippen molar-refractivity contribution in [1.29, 1.82) is 0 Å². The number of ether oxygens (including phenoxy) is 1. The summed E-state index contributed by atoms with van der Waals surface area (Å²) in [6.07, 6.45) is -0.0483. The van der Waals surface area contributed by atoms with Gasteiger partial charge in [0.15, 0.2) is 0 Å². The van der Waals surface area contributed by atoms with Gasteiger partial charge in [-0.2, -0.15) is 0 Å². The van der Waals surface area contributed by atoms with Crippen LogP contribution in [0.4, 0.5) is 5.69 Å². The van der Waals surface area contributed by atoms with Gasteiger partial charge in [-0.1, -0.05) is 11.6 Å². The molecular formula is C13H13ClN2O3. The normalized spacial score (nSPS) is 15.1. The highest BCUT2D eigenvalue weighted by Gasteiger charge is 2.33. The largest absolute Gasteiger partial charge is 0.463 e. The minimum atomic E-state index is -0.551. The first-order chi connectivity index (χ1) is 9.04. The molecule has 1 aliphatic rings. The predicted octanol–water partition coefficient (Wildman–Crippen LogP) is 1.81. The van der Waals surface area contributed by atoms with Gasteiger partial charge in [0, 0.05) is 5.02 Å². The second-order valence-corrected chi connectivity index (χ2v) is 4.40. The molecule has 0 saturated heterocycles. The Hall–Kier alpha value is -2.01. The van der Waals surface area contributed by atoms with Crippen LogP contribution in [0, 0.1) is 0 Å². The number of amides is 1. The van der Waals surface area contributed by atoms with Crippen molar-refractivity contribution < 1.29 is 14.3 Å². The third-order valence-corrected chi connectivity index (χ3v) is 2.99. The number of carbonyl (C=O) groups is 2. The summed E-state index contributed by atoms with van der Waals surface area (Å²) in [5, 5.41) is 0.559. The van der Waals surface area contributed by atoms with Gasteiger partial charge in [-0.05, 0) is 31.2 Å². The van der Waals surface area contributed by atoms with Crippen molar-refractivity contribution in [3.05, 3.63) is 40.7 Å². The minimum absolute atomic E-state index is 0.0483. The quantitative estimate of drug-likeness (QED) is 0.857. The monoisotopic (exact) mass is 280 g/mol. The molecule has 0 unspecified atom stereocenters. The van der Waals surface area contributed by atoms with E-state index in [0.717, 1.165) is 0 Å². The molecule has 0 aromatic heterocycles. The molecule has 1 amide bonds. The highest BCUT2D eigenvalue weighted by molar-refractivity contribution is 6.30. The molecule has 0 bridgehead atoms. The molecule has 0 aliphatic carbocycles. The second-order valence-electron chi connectivity index (χ2n) is 3.97. The standard InChI is InChI=1S/C13H13ClN2O3/c1-2-19-13(18)10-7-11(17)16(12(10)15)9-5-3-8(14)4-6-9/h3-6H,2,7,15H2,1H3. The van der Waals surface area contributed by atoms with Crippen molar-refractivity contribution in [2.75, 3.05) is 11.5 Å². The average Bonchev–Trinajstić information content (AvgIpc) is 2.67. The summed E-state index contributed by atoms with van der Waals surface area (Å²) in [6.45, 7) is 1.94. The fraction of sp³-hybridized carbons (Fsp3) is 0.231. The lowest BCUT2D eigenvalue weighted by Gasteiger charge is -2.17. The van der Waals surface area contributed by atoms with E-state index in [-0.39, 0.29) is 30.3 Å². The number of esters is 1. The number of carbonyl (C=O) groups excluding carboxylic acids is 2. The minimum Gasteiger partial charge on any atom is -0.463 e. The maximum Gasteiger partial charge on any atom is 0.338 e. The van der Waals surface area contributed by atoms with Crippen molar-refractivity contribution in [3.63, 3.8) is 0 Å². The summed E-state index contributed by atoms with van der Waals surface area (Å²) in [5.74, 6) is -0.696. The van der Waals surface area contributed by atoms with Gasteiger partial charge >= 0.3 is 5.97 Å². The molecule has 0 fully saturated rings. The van der Waals surface area contributed by atoms with Crippen LogP contribution in [-0.2, 0) is 14.3 Å². The van der Waals surface area contributed by atoms with E-state index >= 15 is 0 Å². The van der Waals surface area contributed by atoms with Crippen molar-refractivity contribution in [2.45, 2.75) is 13.3 Å². The maximum atomic E-state index is 12.0. The summed E-state index contributed by atoms with van der Waals surface area (Å²) in [5.41, 5.74) is 6.64. The van der Waals surface area contributed by atoms with Gasteiger partial charge < -0.3 is 10.5 Å². The van der Waals surface area contributed by atoms with Crippen LogP contribution in [-0.4, -0.2) is 18.5 Å². The number of hydrogen-bond donors (Lipinski definition) is 1. The molecule has 5 nitrogen and oxygen atoms in total. The van der Waals surface area contributed by atoms with E-state index in [1.54, 1.807) is 31.2 Å². The third kappa shape index (κ3) is 2.56. The second kappa shape index (κ2) is 5.32. The average molecular weight is 281 g/mol. The lowest BCUT2D eigenvalue weighted by atomic mass is 10.2. The van der Waals surface area contributed by atoms with Crippen LogP contribution >= 0.6 is 11.6 Å². The van der Waals surface area contributed by atoms with Gasteiger partial charge in [-0.15, -0.1) is 0 Å². The number of rotatable bonds is 3. The molecule has 1 aliphatic heterocycles. The Bertz CT molecular complexity index is 552. The van der Waals surface area contributed by atoms with E-state index in [0.29, 0.717) is 10.7 Å². The van der Waals surface area contributed by atoms with E-state index in [9.17, 15) is 9.59 Å². The molecule has 100 valence electrons. The van der Waals surface area contributed by atoms with Crippen molar-refractivity contribution >= 4 is 29.2 Å². The molecule has 2 rings (SSSR count). The van der Waals surface area contributed by atoms with Gasteiger partial charge in [0.1, 0.15) is 5.82 Å². The number of nitrogens with two attached hydrogens (primary N) is 1. The van der Waals surface area contributed by atoms with Crippen LogP contribution in [0.25, 0.3) is 0 Å². The molecule has 0 radical (unpaired) electrons. The molecular weight excluding hydrogens is 268 g/mol. The van der Waals surface area contributed by atoms with Crippen LogP contribution in [0.5, 0.6) is 0 Å². The SMILES string of the molecule is CCOC(=O)C1=C(N)N(c2ccc(Cl)cc2)C(=O)C1. The van der Waals surface area contributed by atoms with Gasteiger partial charge in [-0.25, -0.2) is 4.79 Å². The number of benzene rings is 1. The van der Waals surface area contributed by atoms with Gasteiger partial charge in [0.05, 0.1) is 24.3 Å². The zero-order valence-corrected chi connectivity index (χ0v) is 11.1. The first-order valence-corrected chi connectivity index (χ1v) is 6.16. The lowest BCUT2D eigenvalue weighted by molar-refractivity contribution is -0.139. The van der Waals surface area contributed by atoms with Crippen molar-refractivity contribution in [2.24, 2.45) is 5.73 Å². The number of hydrogen-bond acceptors (Lipinski definition) is 4. The van der Waals surface area contributed by atoms with Gasteiger partial charge in [0.2, 0.25) is 5.91 Å². The summed E-state index contributed by atoms with van der Waals surface area (Å²) in [6, 6.07) is 6.64. The Morgan fingerprint density at radius 2 is 2.05 bits per heavy atom. The predicted molar refractivity (Wildman–Crippen MR) is 71.4 cm³/mol.